The number of rotatable bonds is 4. The number of benzene rings is 2. The van der Waals surface area contributed by atoms with Gasteiger partial charge in [0.15, 0.2) is 0 Å². The Morgan fingerprint density at radius 1 is 0.919 bits per heavy atom. The van der Waals surface area contributed by atoms with E-state index in [-0.39, 0.29) is 24.0 Å². The number of carbonyl (C=O) groups excluding carboxylic acids is 3. The highest BCUT2D eigenvalue weighted by Crippen LogP contribution is 2.39. The summed E-state index contributed by atoms with van der Waals surface area (Å²) in [6.07, 6.45) is 0.660. The van der Waals surface area contributed by atoms with E-state index in [4.69, 9.17) is 14.2 Å². The van der Waals surface area contributed by atoms with Crippen LogP contribution in [-0.2, 0) is 14.3 Å². The fraction of sp³-hybridized carbons (Fsp3) is 0.444. The third kappa shape index (κ3) is 4.91. The summed E-state index contributed by atoms with van der Waals surface area (Å²) in [6.45, 7) is 2.46. The molecule has 1 spiro atoms. The van der Waals surface area contributed by atoms with Gasteiger partial charge in [0.25, 0.3) is 11.8 Å². The van der Waals surface area contributed by atoms with Gasteiger partial charge in [-0.3, -0.25) is 19.3 Å². The molecule has 0 aromatic heterocycles. The molecule has 5 rings (SSSR count). The number of halogens is 1. The van der Waals surface area contributed by atoms with Gasteiger partial charge in [-0.15, -0.1) is 0 Å². The van der Waals surface area contributed by atoms with Gasteiger partial charge in [0, 0.05) is 50.1 Å². The maximum Gasteiger partial charge on any atom is 0.256 e. The highest BCUT2D eigenvalue weighted by atomic mass is 19.1. The van der Waals surface area contributed by atoms with Crippen LogP contribution in [0.5, 0.6) is 5.75 Å². The molecule has 3 heterocycles. The van der Waals surface area contributed by atoms with E-state index in [9.17, 15) is 18.8 Å². The Balaban J connectivity index is 1.39. The van der Waals surface area contributed by atoms with Gasteiger partial charge in [-0.2, -0.15) is 0 Å². The van der Waals surface area contributed by atoms with E-state index in [1.807, 2.05) is 0 Å². The first-order valence-electron chi connectivity index (χ1n) is 12.4. The summed E-state index contributed by atoms with van der Waals surface area (Å²) in [6, 6.07) is 11.6. The minimum absolute atomic E-state index is 0.0427. The Morgan fingerprint density at radius 2 is 1.59 bits per heavy atom. The molecule has 1 unspecified atom stereocenters. The topological polar surface area (TPSA) is 88.6 Å². The molecule has 3 fully saturated rings. The summed E-state index contributed by atoms with van der Waals surface area (Å²) in [4.78, 5) is 45.3. The second-order valence-electron chi connectivity index (χ2n) is 9.42. The first-order valence-corrected chi connectivity index (χ1v) is 12.4. The Morgan fingerprint density at radius 3 is 2.27 bits per heavy atom. The monoisotopic (exact) mass is 511 g/mol. The van der Waals surface area contributed by atoms with Gasteiger partial charge in [-0.1, -0.05) is 12.1 Å². The van der Waals surface area contributed by atoms with Crippen LogP contribution in [-0.4, -0.2) is 97.3 Å². The number of nitrogens with zero attached hydrogens (tertiary/aromatic N) is 3. The van der Waals surface area contributed by atoms with Gasteiger partial charge in [0.2, 0.25) is 5.91 Å². The zero-order valence-corrected chi connectivity index (χ0v) is 20.7. The van der Waals surface area contributed by atoms with Crippen molar-refractivity contribution in [1.29, 1.82) is 0 Å². The quantitative estimate of drug-likeness (QED) is 0.625. The van der Waals surface area contributed by atoms with Gasteiger partial charge in [-0.25, -0.2) is 4.39 Å². The molecule has 0 saturated carbocycles. The number of likely N-dealkylation sites (tertiary alicyclic amines) is 1. The predicted octanol–water partition coefficient (Wildman–Crippen LogP) is 2.17. The molecule has 0 aliphatic carbocycles. The standard InChI is InChI=1S/C27H30FN3O6/c1-35-22-7-3-5-20(17-22)24(32)29-10-8-27(9-11-29)31(25(33)19-4-2-6-21(28)16-19)23(18-37-27)26(34)30-12-14-36-15-13-30/h2-7,16-17,23H,8-15,18H2,1H3. The van der Waals surface area contributed by atoms with Crippen LogP contribution in [0.1, 0.15) is 33.6 Å². The first-order chi connectivity index (χ1) is 17.9. The Hall–Kier alpha value is -3.50. The molecule has 3 saturated heterocycles. The molecule has 3 aliphatic heterocycles. The van der Waals surface area contributed by atoms with E-state index in [1.54, 1.807) is 41.2 Å². The van der Waals surface area contributed by atoms with E-state index >= 15 is 0 Å². The van der Waals surface area contributed by atoms with Gasteiger partial charge >= 0.3 is 0 Å². The maximum absolute atomic E-state index is 14.0. The van der Waals surface area contributed by atoms with Crippen molar-refractivity contribution in [2.75, 3.05) is 53.1 Å². The summed E-state index contributed by atoms with van der Waals surface area (Å²) >= 11 is 0. The second-order valence-corrected chi connectivity index (χ2v) is 9.42. The number of ether oxygens (including phenoxy) is 3. The molecular formula is C27H30FN3O6. The summed E-state index contributed by atoms with van der Waals surface area (Å²) < 4.78 is 30.9. The molecule has 1 atom stereocenters. The van der Waals surface area contributed by atoms with Gasteiger partial charge in [0.1, 0.15) is 23.3 Å². The number of carbonyl (C=O) groups is 3. The summed E-state index contributed by atoms with van der Waals surface area (Å²) in [5.74, 6) is -0.753. The van der Waals surface area contributed by atoms with Gasteiger partial charge < -0.3 is 24.0 Å². The summed E-state index contributed by atoms with van der Waals surface area (Å²) in [7, 11) is 1.55. The number of amides is 3. The van der Waals surface area contributed by atoms with Crippen LogP contribution in [0.3, 0.4) is 0 Å². The summed E-state index contributed by atoms with van der Waals surface area (Å²) in [5.41, 5.74) is -0.406. The van der Waals surface area contributed by atoms with Gasteiger partial charge in [-0.05, 0) is 36.4 Å². The van der Waals surface area contributed by atoms with Gasteiger partial charge in [0.05, 0.1) is 26.9 Å². The van der Waals surface area contributed by atoms with Crippen molar-refractivity contribution >= 4 is 17.7 Å². The van der Waals surface area contributed by atoms with Crippen molar-refractivity contribution in [1.82, 2.24) is 14.7 Å². The smallest absolute Gasteiger partial charge is 0.256 e. The molecule has 0 radical (unpaired) electrons. The Bertz CT molecular complexity index is 1180. The van der Waals surface area contributed by atoms with Crippen LogP contribution in [0.4, 0.5) is 4.39 Å². The molecule has 0 N–H and O–H groups in total. The Labute approximate surface area is 214 Å². The van der Waals surface area contributed by atoms with E-state index in [0.29, 0.717) is 63.5 Å². The lowest BCUT2D eigenvalue weighted by Gasteiger charge is -2.45. The lowest BCUT2D eigenvalue weighted by Crippen LogP contribution is -2.60. The zero-order valence-electron chi connectivity index (χ0n) is 20.7. The number of methoxy groups -OCH3 is 1. The highest BCUT2D eigenvalue weighted by Gasteiger charge is 2.55. The average Bonchev–Trinajstić information content (AvgIpc) is 3.31. The lowest BCUT2D eigenvalue weighted by atomic mass is 9.96. The van der Waals surface area contributed by atoms with E-state index < -0.39 is 23.5 Å². The molecule has 196 valence electrons. The summed E-state index contributed by atoms with van der Waals surface area (Å²) in [5, 5.41) is 0. The fourth-order valence-electron chi connectivity index (χ4n) is 5.31. The molecule has 0 bridgehead atoms. The molecule has 37 heavy (non-hydrogen) atoms. The van der Waals surface area contributed by atoms with Crippen molar-refractivity contribution < 1.29 is 33.0 Å². The zero-order chi connectivity index (χ0) is 26.0. The van der Waals surface area contributed by atoms with Crippen LogP contribution in [0.25, 0.3) is 0 Å². The molecule has 2 aromatic carbocycles. The minimum Gasteiger partial charge on any atom is -0.497 e. The number of hydrogen-bond acceptors (Lipinski definition) is 6. The lowest BCUT2D eigenvalue weighted by molar-refractivity contribution is -0.141. The molecule has 3 aliphatic rings. The molecule has 9 nitrogen and oxygen atoms in total. The fourth-order valence-corrected chi connectivity index (χ4v) is 5.31. The van der Waals surface area contributed by atoms with Crippen molar-refractivity contribution in [2.45, 2.75) is 24.6 Å². The average molecular weight is 512 g/mol. The van der Waals surface area contributed by atoms with Crippen LogP contribution in [0, 0.1) is 5.82 Å². The van der Waals surface area contributed by atoms with Crippen molar-refractivity contribution in [2.24, 2.45) is 0 Å². The third-order valence-corrected chi connectivity index (χ3v) is 7.31. The predicted molar refractivity (Wildman–Crippen MR) is 131 cm³/mol. The number of morpholine rings is 1. The molecule has 10 heteroatoms. The normalized spacial score (nSPS) is 21.2. The maximum atomic E-state index is 14.0. The minimum atomic E-state index is -1.07. The van der Waals surface area contributed by atoms with E-state index in [2.05, 4.69) is 0 Å². The van der Waals surface area contributed by atoms with Crippen molar-refractivity contribution in [3.8, 4) is 5.75 Å². The molecule has 2 aromatic rings. The van der Waals surface area contributed by atoms with E-state index in [1.165, 1.54) is 29.2 Å². The Kier molecular flexibility index (Phi) is 7.12. The largest absolute Gasteiger partial charge is 0.497 e. The second kappa shape index (κ2) is 10.5. The third-order valence-electron chi connectivity index (χ3n) is 7.31. The van der Waals surface area contributed by atoms with E-state index in [0.717, 1.165) is 0 Å². The van der Waals surface area contributed by atoms with Crippen molar-refractivity contribution in [3.63, 3.8) is 0 Å². The molecule has 3 amide bonds. The number of hydrogen-bond donors (Lipinski definition) is 0. The van der Waals surface area contributed by atoms with Crippen molar-refractivity contribution in [3.05, 3.63) is 65.5 Å². The van der Waals surface area contributed by atoms with Crippen LogP contribution < -0.4 is 4.74 Å². The van der Waals surface area contributed by atoms with Crippen LogP contribution in [0.15, 0.2) is 48.5 Å². The van der Waals surface area contributed by atoms with Crippen LogP contribution in [0.2, 0.25) is 0 Å². The van der Waals surface area contributed by atoms with Crippen LogP contribution >= 0.6 is 0 Å². The number of piperidine rings is 1. The highest BCUT2D eigenvalue weighted by molar-refractivity contribution is 5.98. The SMILES string of the molecule is COc1cccc(C(=O)N2CCC3(CC2)OCC(C(=O)N2CCOCC2)N3C(=O)c2cccc(F)c2)c1. The first kappa shape index (κ1) is 25.2. The molecular weight excluding hydrogens is 481 g/mol.